The Labute approximate surface area is 58.4 Å². The number of carbonyl (C=O) groups is 1. The van der Waals surface area contributed by atoms with Gasteiger partial charge >= 0.3 is 5.97 Å². The van der Waals surface area contributed by atoms with Gasteiger partial charge in [-0.1, -0.05) is 6.08 Å². The molecule has 10 heavy (non-hydrogen) atoms. The van der Waals surface area contributed by atoms with Crippen molar-refractivity contribution in [3.8, 4) is 0 Å². The average Bonchev–Trinajstić information content (AvgIpc) is 1.87. The van der Waals surface area contributed by atoms with Crippen molar-refractivity contribution in [2.24, 2.45) is 0 Å². The summed E-state index contributed by atoms with van der Waals surface area (Å²) in [6.45, 7) is -0.343. The minimum atomic E-state index is -1.05. The molecule has 0 aliphatic carbocycles. The SMILES string of the molecule is O=C(O)/C=C/CC(O)CO. The van der Waals surface area contributed by atoms with Crippen molar-refractivity contribution < 1.29 is 20.1 Å². The number of hydrogen-bond donors (Lipinski definition) is 3. The van der Waals surface area contributed by atoms with Crippen LogP contribution in [0.2, 0.25) is 0 Å². The van der Waals surface area contributed by atoms with Crippen LogP contribution in [0.1, 0.15) is 6.42 Å². The molecule has 0 fully saturated rings. The second-order valence-corrected chi connectivity index (χ2v) is 1.81. The summed E-state index contributed by atoms with van der Waals surface area (Å²) in [5, 5.41) is 25.0. The highest BCUT2D eigenvalue weighted by atomic mass is 16.4. The number of rotatable bonds is 4. The van der Waals surface area contributed by atoms with Crippen LogP contribution in [0, 0.1) is 0 Å². The molecular formula is C6H10O4. The lowest BCUT2D eigenvalue weighted by atomic mass is 10.2. The Kier molecular flexibility index (Phi) is 4.53. The molecule has 0 aliphatic heterocycles. The zero-order chi connectivity index (χ0) is 7.98. The summed E-state index contributed by atoms with van der Waals surface area (Å²) >= 11 is 0. The van der Waals surface area contributed by atoms with Crippen molar-refractivity contribution in [1.29, 1.82) is 0 Å². The Hall–Kier alpha value is -0.870. The van der Waals surface area contributed by atoms with Gasteiger partial charge in [-0.05, 0) is 6.42 Å². The van der Waals surface area contributed by atoms with Crippen LogP contribution in [0.15, 0.2) is 12.2 Å². The molecule has 0 rings (SSSR count). The first-order valence-electron chi connectivity index (χ1n) is 2.85. The third-order valence-electron chi connectivity index (χ3n) is 0.879. The molecule has 1 atom stereocenters. The summed E-state index contributed by atoms with van der Waals surface area (Å²) in [5.41, 5.74) is 0. The van der Waals surface area contributed by atoms with Crippen molar-refractivity contribution >= 4 is 5.97 Å². The first-order valence-corrected chi connectivity index (χ1v) is 2.85. The van der Waals surface area contributed by atoms with Gasteiger partial charge < -0.3 is 15.3 Å². The minimum Gasteiger partial charge on any atom is -0.478 e. The van der Waals surface area contributed by atoms with Crippen molar-refractivity contribution in [2.45, 2.75) is 12.5 Å². The Morgan fingerprint density at radius 2 is 2.20 bits per heavy atom. The van der Waals surface area contributed by atoms with Gasteiger partial charge in [-0.3, -0.25) is 0 Å². The van der Waals surface area contributed by atoms with Crippen molar-refractivity contribution in [2.75, 3.05) is 6.61 Å². The van der Waals surface area contributed by atoms with Gasteiger partial charge in [0.25, 0.3) is 0 Å². The average molecular weight is 146 g/mol. The molecule has 0 spiro atoms. The molecule has 0 aromatic carbocycles. The maximum absolute atomic E-state index is 9.84. The minimum absolute atomic E-state index is 0.169. The van der Waals surface area contributed by atoms with Gasteiger partial charge in [-0.25, -0.2) is 4.79 Å². The summed E-state index contributed by atoms with van der Waals surface area (Å²) in [4.78, 5) is 9.84. The van der Waals surface area contributed by atoms with Crippen molar-refractivity contribution in [1.82, 2.24) is 0 Å². The fourth-order valence-electron chi connectivity index (χ4n) is 0.400. The Balaban J connectivity index is 3.43. The number of hydrogen-bond acceptors (Lipinski definition) is 3. The van der Waals surface area contributed by atoms with E-state index in [4.69, 9.17) is 15.3 Å². The van der Waals surface area contributed by atoms with Crippen LogP contribution in [-0.4, -0.2) is 34.0 Å². The Bertz CT molecular complexity index is 130. The molecule has 1 unspecified atom stereocenters. The fourth-order valence-corrected chi connectivity index (χ4v) is 0.400. The molecule has 0 aromatic heterocycles. The number of aliphatic hydroxyl groups is 2. The van der Waals surface area contributed by atoms with Gasteiger partial charge in [0.15, 0.2) is 0 Å². The van der Waals surface area contributed by atoms with E-state index >= 15 is 0 Å². The van der Waals surface area contributed by atoms with Crippen molar-refractivity contribution in [3.63, 3.8) is 0 Å². The van der Waals surface area contributed by atoms with E-state index in [0.29, 0.717) is 0 Å². The van der Waals surface area contributed by atoms with Crippen molar-refractivity contribution in [3.05, 3.63) is 12.2 Å². The van der Waals surface area contributed by atoms with Gasteiger partial charge in [-0.2, -0.15) is 0 Å². The lowest BCUT2D eigenvalue weighted by Crippen LogP contribution is -2.09. The molecule has 4 nitrogen and oxygen atoms in total. The molecule has 3 N–H and O–H groups in total. The monoisotopic (exact) mass is 146 g/mol. The number of aliphatic hydroxyl groups excluding tert-OH is 2. The van der Waals surface area contributed by atoms with Gasteiger partial charge in [0.1, 0.15) is 0 Å². The van der Waals surface area contributed by atoms with Crippen LogP contribution >= 0.6 is 0 Å². The first-order chi connectivity index (χ1) is 4.66. The van der Waals surface area contributed by atoms with Crippen LogP contribution in [-0.2, 0) is 4.79 Å². The Morgan fingerprint density at radius 1 is 1.60 bits per heavy atom. The van der Waals surface area contributed by atoms with E-state index in [-0.39, 0.29) is 13.0 Å². The molecule has 0 heterocycles. The largest absolute Gasteiger partial charge is 0.478 e. The maximum atomic E-state index is 9.84. The van der Waals surface area contributed by atoms with Crippen LogP contribution in [0.25, 0.3) is 0 Å². The second-order valence-electron chi connectivity index (χ2n) is 1.81. The highest BCUT2D eigenvalue weighted by molar-refractivity contribution is 5.79. The van der Waals surface area contributed by atoms with E-state index in [1.54, 1.807) is 0 Å². The molecule has 0 saturated heterocycles. The summed E-state index contributed by atoms with van der Waals surface area (Å²) < 4.78 is 0. The molecule has 0 saturated carbocycles. The summed E-state index contributed by atoms with van der Waals surface area (Å²) in [6.07, 6.45) is 1.54. The van der Waals surface area contributed by atoms with E-state index in [9.17, 15) is 4.79 Å². The normalized spacial score (nSPS) is 13.8. The van der Waals surface area contributed by atoms with Gasteiger partial charge in [0.05, 0.1) is 12.7 Å². The third-order valence-corrected chi connectivity index (χ3v) is 0.879. The fraction of sp³-hybridized carbons (Fsp3) is 0.500. The topological polar surface area (TPSA) is 77.8 Å². The van der Waals surface area contributed by atoms with Crippen LogP contribution in [0.5, 0.6) is 0 Å². The van der Waals surface area contributed by atoms with E-state index in [0.717, 1.165) is 6.08 Å². The molecular weight excluding hydrogens is 136 g/mol. The first kappa shape index (κ1) is 9.13. The summed E-state index contributed by atoms with van der Waals surface area (Å²) in [5.74, 6) is -1.05. The van der Waals surface area contributed by atoms with Gasteiger partial charge in [0.2, 0.25) is 0 Å². The molecule has 0 bridgehead atoms. The van der Waals surface area contributed by atoms with Crippen LogP contribution in [0.3, 0.4) is 0 Å². The lowest BCUT2D eigenvalue weighted by Gasteiger charge is -1.99. The van der Waals surface area contributed by atoms with Gasteiger partial charge in [-0.15, -0.1) is 0 Å². The summed E-state index contributed by atoms with van der Waals surface area (Å²) in [6, 6.07) is 0. The standard InChI is InChI=1S/C6H10O4/c7-4-5(8)2-1-3-6(9)10/h1,3,5,7-8H,2,4H2,(H,9,10)/b3-1+. The quantitative estimate of drug-likeness (QED) is 0.461. The lowest BCUT2D eigenvalue weighted by molar-refractivity contribution is -0.131. The van der Waals surface area contributed by atoms with E-state index < -0.39 is 12.1 Å². The van der Waals surface area contributed by atoms with E-state index in [1.807, 2.05) is 0 Å². The highest BCUT2D eigenvalue weighted by Crippen LogP contribution is 1.90. The number of carboxylic acid groups (broad SMARTS) is 1. The van der Waals surface area contributed by atoms with Crippen LogP contribution in [0.4, 0.5) is 0 Å². The third kappa shape index (κ3) is 5.27. The number of aliphatic carboxylic acids is 1. The Morgan fingerprint density at radius 3 is 2.60 bits per heavy atom. The second kappa shape index (κ2) is 4.96. The number of carboxylic acids is 1. The summed E-state index contributed by atoms with van der Waals surface area (Å²) in [7, 11) is 0. The predicted molar refractivity (Wildman–Crippen MR) is 34.5 cm³/mol. The highest BCUT2D eigenvalue weighted by Gasteiger charge is 1.96. The smallest absolute Gasteiger partial charge is 0.327 e. The molecule has 4 heteroatoms. The zero-order valence-electron chi connectivity index (χ0n) is 5.40. The van der Waals surface area contributed by atoms with E-state index in [2.05, 4.69) is 0 Å². The van der Waals surface area contributed by atoms with Gasteiger partial charge in [0, 0.05) is 6.08 Å². The zero-order valence-corrected chi connectivity index (χ0v) is 5.40. The van der Waals surface area contributed by atoms with E-state index in [1.165, 1.54) is 6.08 Å². The molecule has 0 radical (unpaired) electrons. The molecule has 0 aromatic rings. The molecule has 0 aliphatic rings. The molecule has 58 valence electrons. The predicted octanol–water partition coefficient (Wildman–Crippen LogP) is -0.629. The van der Waals surface area contributed by atoms with Crippen LogP contribution < -0.4 is 0 Å². The molecule has 0 amide bonds. The maximum Gasteiger partial charge on any atom is 0.327 e.